The number of aromatic nitrogens is 12. The van der Waals surface area contributed by atoms with Gasteiger partial charge in [0.15, 0.2) is 23.3 Å². The molecule has 8 N–H and O–H groups in total. The molecule has 4 aromatic heterocycles. The number of hydrogen-bond acceptors (Lipinski definition) is 17. The number of hydrogen-bond donors (Lipinski definition) is 8. The topological polar surface area (TPSA) is 294 Å². The zero-order chi connectivity index (χ0) is 90.4. The molecule has 0 bridgehead atoms. The van der Waals surface area contributed by atoms with Crippen molar-refractivity contribution in [3.05, 3.63) is 356 Å². The Morgan fingerprint density at radius 1 is 0.262 bits per heavy atom. The summed E-state index contributed by atoms with van der Waals surface area (Å²) in [5.74, 6) is 7.17. The molecule has 0 spiro atoms. The minimum atomic E-state index is -0.375. The van der Waals surface area contributed by atoms with Gasteiger partial charge in [-0.15, -0.1) is 158 Å². The minimum Gasteiger partial charge on any atom is -0.540 e. The standard InChI is InChI=1S/C22H18N3O.3C21H16N3.4C5H12O2.4Ir/c1-16-8-10-17(11-9-16)21-23-24-22(18-12-14-20(26-2)15-13-18)25(21)19-6-4-3-5-7-19;1-16-10-8-9-15-19(16)24-20(17-11-4-2-5-12-17)22-23-21(24)18-13-6-3-7-14-18;1-16-9-8-14-19(15-16)24-20(17-10-4-2-5-11-17)22-23-21(24)18-12-6-3-7-13-18;1-16-12-14-19(15-13-16)24-20(17-8-4-2-5-9-17)22-23-21(24)18-10-6-3-7-11-18;4*1-4(6)3-5(2)7;;;;/h3-12,14-15H,1-2H3;2-13,15H,1H3;2-12,14-15H,1H3;2-10,12-15H,1H3;4*4-7H,3H2,1-2H3;;;;/q4*-1;;;;;;;;. The van der Waals surface area contributed by atoms with E-state index in [2.05, 4.69) is 220 Å². The number of para-hydroxylation sites is 2. The second-order valence-electron chi connectivity index (χ2n) is 30.7. The maximum absolute atomic E-state index is 8.56. The number of nitrogens with zero attached hydrogens (tertiary/aromatic N) is 12. The maximum atomic E-state index is 8.56. The van der Waals surface area contributed by atoms with E-state index in [1.165, 1.54) is 22.3 Å². The SMILES string of the molecule is CC(O)CC(C)O.CC(O)CC(C)O.CC(O)CC(C)O.CC(O)CC(C)O.COc1c[c-]c(-c2nnc(-c3ccc(C)cc3)n2-c2ccccc2)cc1.Cc1ccc(-n2c(-c3[c-]cccc3)nnc2-c2ccccc2)cc1.Cc1cccc(-n2c(-c3[c-]cccc3)nnc2-c2ccccc2)c1.Cc1ccccc1-n1c(-c2[c-]cccc2)nnc1-c1ccccc1.[Ir].[Ir].[Ir].[Ir]. The molecule has 0 saturated carbocycles. The monoisotopic (exact) mass is 2460 g/mol. The zero-order valence-corrected chi connectivity index (χ0v) is 84.7. The van der Waals surface area contributed by atoms with Gasteiger partial charge in [0.25, 0.3) is 0 Å². The average Bonchev–Trinajstić information content (AvgIpc) is 1.64. The molecular weight excluding hydrogens is 2340 g/mol. The fourth-order valence-corrected chi connectivity index (χ4v) is 13.1. The predicted octanol–water partition coefficient (Wildman–Crippen LogP) is 19.4. The van der Waals surface area contributed by atoms with Gasteiger partial charge < -0.3 is 63.9 Å². The van der Waals surface area contributed by atoms with E-state index in [0.29, 0.717) is 25.7 Å². The first-order valence-electron chi connectivity index (χ1n) is 42.0. The van der Waals surface area contributed by atoms with Gasteiger partial charge in [0.05, 0.1) is 79.2 Å². The third kappa shape index (κ3) is 34.5. The summed E-state index contributed by atoms with van der Waals surface area (Å²) in [5, 5.41) is 104. The number of aliphatic hydroxyl groups is 8. The van der Waals surface area contributed by atoms with Gasteiger partial charge in [-0.25, -0.2) is 0 Å². The van der Waals surface area contributed by atoms with E-state index in [1.54, 1.807) is 62.5 Å². The minimum absolute atomic E-state index is 0. The second-order valence-corrected chi connectivity index (χ2v) is 30.7. The van der Waals surface area contributed by atoms with Crippen LogP contribution in [0.3, 0.4) is 0 Å². The quantitative estimate of drug-likeness (QED) is 0.0310. The number of rotatable bonds is 21. The Labute approximate surface area is 818 Å². The van der Waals surface area contributed by atoms with Crippen molar-refractivity contribution in [1.82, 2.24) is 59.1 Å². The summed E-state index contributed by atoms with van der Waals surface area (Å²) < 4.78 is 13.6. The number of aliphatic hydroxyl groups excluding tert-OH is 8. The third-order valence-corrected chi connectivity index (χ3v) is 18.8. The summed E-state index contributed by atoms with van der Waals surface area (Å²) in [5.41, 5.74) is 16.7. The third-order valence-electron chi connectivity index (χ3n) is 18.8. The van der Waals surface area contributed by atoms with Gasteiger partial charge >= 0.3 is 0 Å². The Morgan fingerprint density at radius 2 is 0.546 bits per heavy atom. The molecular formula is C105H114Ir4N12O9-4. The fourth-order valence-electron chi connectivity index (χ4n) is 13.1. The van der Waals surface area contributed by atoms with Crippen LogP contribution in [0.4, 0.5) is 0 Å². The molecule has 0 fully saturated rings. The molecule has 8 atom stereocenters. The average molecular weight is 2460 g/mol. The normalized spacial score (nSPS) is 12.1. The fraction of sp³-hybridized carbons (Fsp3) is 0.238. The zero-order valence-electron chi connectivity index (χ0n) is 75.1. The molecule has 0 aliphatic heterocycles. The number of methoxy groups -OCH3 is 1. The van der Waals surface area contributed by atoms with Gasteiger partial charge in [-0.3, -0.25) is 0 Å². The van der Waals surface area contributed by atoms with Gasteiger partial charge in [-0.2, -0.15) is 20.4 Å². The first kappa shape index (κ1) is 110. The van der Waals surface area contributed by atoms with E-state index in [4.69, 9.17) is 45.6 Å². The summed E-state index contributed by atoms with van der Waals surface area (Å²) in [4.78, 5) is 0. The molecule has 0 aliphatic rings. The molecule has 21 nitrogen and oxygen atoms in total. The molecule has 4 radical (unpaired) electrons. The van der Waals surface area contributed by atoms with E-state index in [1.807, 2.05) is 200 Å². The molecule has 130 heavy (non-hydrogen) atoms. The van der Waals surface area contributed by atoms with E-state index in [9.17, 15) is 0 Å². The van der Waals surface area contributed by atoms with Crippen molar-refractivity contribution in [2.45, 2.75) is 158 Å². The first-order valence-corrected chi connectivity index (χ1v) is 42.0. The van der Waals surface area contributed by atoms with Crippen molar-refractivity contribution in [2.24, 2.45) is 0 Å². The van der Waals surface area contributed by atoms with Crippen LogP contribution in [-0.2, 0) is 80.4 Å². The van der Waals surface area contributed by atoms with Gasteiger partial charge in [-0.1, -0.05) is 187 Å². The Bertz CT molecular complexity index is 5530. The largest absolute Gasteiger partial charge is 0.540 e. The summed E-state index contributed by atoms with van der Waals surface area (Å²) >= 11 is 0. The molecule has 0 saturated heterocycles. The van der Waals surface area contributed by atoms with Crippen LogP contribution in [0.1, 0.15) is 103 Å². The number of ether oxygens (including phenoxy) is 1. The van der Waals surface area contributed by atoms with E-state index in [0.717, 1.165) is 120 Å². The molecule has 688 valence electrons. The van der Waals surface area contributed by atoms with Crippen LogP contribution in [0.2, 0.25) is 0 Å². The van der Waals surface area contributed by atoms with Crippen molar-refractivity contribution >= 4 is 0 Å². The van der Waals surface area contributed by atoms with Crippen molar-refractivity contribution in [1.29, 1.82) is 0 Å². The van der Waals surface area contributed by atoms with Crippen molar-refractivity contribution < 1.29 is 126 Å². The summed E-state index contributed by atoms with van der Waals surface area (Å²) in [7, 11) is 1.64. The van der Waals surface area contributed by atoms with Gasteiger partial charge in [0, 0.05) is 131 Å². The summed E-state index contributed by atoms with van der Waals surface area (Å²) in [6.45, 7) is 21.6. The molecule has 16 rings (SSSR count). The van der Waals surface area contributed by atoms with E-state index in [-0.39, 0.29) is 129 Å². The molecule has 0 aliphatic carbocycles. The molecule has 25 heteroatoms. The molecule has 0 amide bonds. The maximum Gasteiger partial charge on any atom is 0.159 e. The van der Waals surface area contributed by atoms with Crippen LogP contribution in [-0.4, -0.2) is 156 Å². The summed E-state index contributed by atoms with van der Waals surface area (Å²) in [6, 6.07) is 116. The van der Waals surface area contributed by atoms with Crippen LogP contribution in [0, 0.1) is 52.0 Å². The molecule has 8 unspecified atom stereocenters. The van der Waals surface area contributed by atoms with Crippen LogP contribution >= 0.6 is 0 Å². The van der Waals surface area contributed by atoms with Crippen LogP contribution < -0.4 is 4.74 Å². The van der Waals surface area contributed by atoms with Crippen LogP contribution in [0.25, 0.3) is 114 Å². The number of aryl methyl sites for hydroxylation is 4. The van der Waals surface area contributed by atoms with Gasteiger partial charge in [0.2, 0.25) is 0 Å². The second kappa shape index (κ2) is 57.4. The van der Waals surface area contributed by atoms with Crippen molar-refractivity contribution in [3.8, 4) is 120 Å². The first-order chi connectivity index (χ1) is 60.8. The Morgan fingerprint density at radius 3 is 0.862 bits per heavy atom. The molecule has 12 aromatic carbocycles. The number of benzene rings is 12. The van der Waals surface area contributed by atoms with Gasteiger partial charge in [-0.05, 0) is 162 Å². The molecule has 16 aromatic rings. The predicted molar refractivity (Wildman–Crippen MR) is 502 cm³/mol. The van der Waals surface area contributed by atoms with E-state index >= 15 is 0 Å². The van der Waals surface area contributed by atoms with Gasteiger partial charge in [0.1, 0.15) is 0 Å². The van der Waals surface area contributed by atoms with Crippen LogP contribution in [0.5, 0.6) is 5.75 Å². The van der Waals surface area contributed by atoms with Crippen molar-refractivity contribution in [3.63, 3.8) is 0 Å². The Kier molecular flexibility index (Phi) is 48.5. The molecule has 4 heterocycles. The summed E-state index contributed by atoms with van der Waals surface area (Å²) in [6.07, 6.45) is -1.11. The van der Waals surface area contributed by atoms with E-state index < -0.39 is 0 Å². The Balaban J connectivity index is 0.000000277. The van der Waals surface area contributed by atoms with Crippen LogP contribution in [0.15, 0.2) is 309 Å². The van der Waals surface area contributed by atoms with Crippen molar-refractivity contribution in [2.75, 3.05) is 7.11 Å². The Hall–Kier alpha value is -10.7. The smallest absolute Gasteiger partial charge is 0.159 e.